The van der Waals surface area contributed by atoms with Gasteiger partial charge in [0.2, 0.25) is 0 Å². The minimum atomic E-state index is 0.144. The molecule has 1 aromatic rings. The fraction of sp³-hybridized carbons (Fsp3) is 0.846. The first-order chi connectivity index (χ1) is 8.59. The van der Waals surface area contributed by atoms with Crippen LogP contribution in [-0.4, -0.2) is 34.0 Å². The number of hydrogen-bond acceptors (Lipinski definition) is 4. The van der Waals surface area contributed by atoms with Gasteiger partial charge in [0.25, 0.3) is 0 Å². The highest BCUT2D eigenvalue weighted by atomic mass is 16.5. The highest BCUT2D eigenvalue weighted by molar-refractivity contribution is 4.93. The quantitative estimate of drug-likeness (QED) is 0.879. The predicted octanol–water partition coefficient (Wildman–Crippen LogP) is 1.40. The molecule has 0 aliphatic carbocycles. The highest BCUT2D eigenvalue weighted by Gasteiger charge is 2.28. The van der Waals surface area contributed by atoms with Crippen molar-refractivity contribution in [3.05, 3.63) is 12.2 Å². The number of aromatic nitrogens is 3. The van der Waals surface area contributed by atoms with E-state index in [4.69, 9.17) is 10.5 Å². The molecule has 1 aliphatic rings. The molecule has 0 radical (unpaired) electrons. The van der Waals surface area contributed by atoms with Crippen LogP contribution in [0.3, 0.4) is 0 Å². The first-order valence-electron chi connectivity index (χ1n) is 6.81. The maximum absolute atomic E-state index is 6.36. The summed E-state index contributed by atoms with van der Waals surface area (Å²) in [6.07, 6.45) is 3.47. The van der Waals surface area contributed by atoms with Crippen molar-refractivity contribution in [3.63, 3.8) is 0 Å². The molecule has 3 atom stereocenters. The third-order valence-corrected chi connectivity index (χ3v) is 3.81. The van der Waals surface area contributed by atoms with Crippen LogP contribution < -0.4 is 5.73 Å². The van der Waals surface area contributed by atoms with E-state index in [-0.39, 0.29) is 6.04 Å². The summed E-state index contributed by atoms with van der Waals surface area (Å²) in [5.74, 6) is 2.05. The summed E-state index contributed by atoms with van der Waals surface area (Å²) in [7, 11) is 0. The zero-order valence-corrected chi connectivity index (χ0v) is 11.5. The summed E-state index contributed by atoms with van der Waals surface area (Å²) in [5, 5.41) is 4.26. The van der Waals surface area contributed by atoms with Crippen LogP contribution in [-0.2, 0) is 11.2 Å². The van der Waals surface area contributed by atoms with E-state index in [0.717, 1.165) is 31.9 Å². The molecule has 0 bridgehead atoms. The van der Waals surface area contributed by atoms with Crippen molar-refractivity contribution in [1.82, 2.24) is 14.8 Å². The van der Waals surface area contributed by atoms with Crippen molar-refractivity contribution in [2.45, 2.75) is 45.7 Å². The Morgan fingerprint density at radius 1 is 1.56 bits per heavy atom. The Balaban J connectivity index is 2.01. The van der Waals surface area contributed by atoms with Crippen LogP contribution in [0.5, 0.6) is 0 Å². The van der Waals surface area contributed by atoms with E-state index in [1.54, 1.807) is 6.33 Å². The van der Waals surface area contributed by atoms with Gasteiger partial charge in [0.1, 0.15) is 12.2 Å². The van der Waals surface area contributed by atoms with Crippen LogP contribution in [0.4, 0.5) is 0 Å². The Labute approximate surface area is 109 Å². The SMILES string of the molecule is CC1COCCC1C(N)Cc1ncnn1C(C)C. The van der Waals surface area contributed by atoms with Gasteiger partial charge in [-0.15, -0.1) is 0 Å². The molecule has 0 saturated carbocycles. The van der Waals surface area contributed by atoms with Gasteiger partial charge >= 0.3 is 0 Å². The summed E-state index contributed by atoms with van der Waals surface area (Å²) >= 11 is 0. The molecule has 3 unspecified atom stereocenters. The van der Waals surface area contributed by atoms with Gasteiger partial charge in [-0.2, -0.15) is 5.10 Å². The molecule has 102 valence electrons. The summed E-state index contributed by atoms with van der Waals surface area (Å²) in [4.78, 5) is 4.34. The van der Waals surface area contributed by atoms with Gasteiger partial charge in [-0.3, -0.25) is 0 Å². The minimum Gasteiger partial charge on any atom is -0.381 e. The van der Waals surface area contributed by atoms with Crippen molar-refractivity contribution < 1.29 is 4.74 Å². The number of rotatable bonds is 4. The third-order valence-electron chi connectivity index (χ3n) is 3.81. The van der Waals surface area contributed by atoms with E-state index in [2.05, 4.69) is 30.9 Å². The van der Waals surface area contributed by atoms with Gasteiger partial charge in [0, 0.05) is 31.7 Å². The lowest BCUT2D eigenvalue weighted by Crippen LogP contribution is -2.41. The van der Waals surface area contributed by atoms with Crippen molar-refractivity contribution in [3.8, 4) is 0 Å². The van der Waals surface area contributed by atoms with Gasteiger partial charge in [0.05, 0.1) is 0 Å². The molecular weight excluding hydrogens is 228 g/mol. The van der Waals surface area contributed by atoms with Gasteiger partial charge in [-0.25, -0.2) is 9.67 Å². The smallest absolute Gasteiger partial charge is 0.138 e. The molecule has 1 aliphatic heterocycles. The van der Waals surface area contributed by atoms with Gasteiger partial charge < -0.3 is 10.5 Å². The average Bonchev–Trinajstić information content (AvgIpc) is 2.77. The van der Waals surface area contributed by atoms with Crippen LogP contribution in [0.15, 0.2) is 6.33 Å². The summed E-state index contributed by atoms with van der Waals surface area (Å²) in [6, 6.07) is 0.479. The molecule has 0 spiro atoms. The molecule has 2 N–H and O–H groups in total. The molecule has 1 fully saturated rings. The Morgan fingerprint density at radius 3 is 3.00 bits per heavy atom. The van der Waals surface area contributed by atoms with Gasteiger partial charge in [-0.05, 0) is 32.1 Å². The van der Waals surface area contributed by atoms with E-state index >= 15 is 0 Å². The maximum atomic E-state index is 6.36. The topological polar surface area (TPSA) is 66.0 Å². The predicted molar refractivity (Wildman–Crippen MR) is 70.2 cm³/mol. The van der Waals surface area contributed by atoms with Crippen LogP contribution in [0.25, 0.3) is 0 Å². The second kappa shape index (κ2) is 5.80. The van der Waals surface area contributed by atoms with Crippen LogP contribution in [0, 0.1) is 11.8 Å². The molecule has 0 amide bonds. The lowest BCUT2D eigenvalue weighted by molar-refractivity contribution is 0.0154. The Morgan fingerprint density at radius 2 is 2.33 bits per heavy atom. The molecule has 18 heavy (non-hydrogen) atoms. The monoisotopic (exact) mass is 252 g/mol. The summed E-state index contributed by atoms with van der Waals surface area (Å²) < 4.78 is 7.43. The molecule has 0 aromatic carbocycles. The van der Waals surface area contributed by atoms with Crippen LogP contribution in [0.1, 0.15) is 39.1 Å². The molecule has 1 aromatic heterocycles. The second-order valence-corrected chi connectivity index (χ2v) is 5.59. The third kappa shape index (κ3) is 2.90. The highest BCUT2D eigenvalue weighted by Crippen LogP contribution is 2.25. The number of nitrogens with zero attached hydrogens (tertiary/aromatic N) is 3. The molecule has 5 heteroatoms. The normalized spacial score (nSPS) is 26.5. The molecule has 2 rings (SSSR count). The fourth-order valence-corrected chi connectivity index (χ4v) is 2.75. The van der Waals surface area contributed by atoms with E-state index in [0.29, 0.717) is 17.9 Å². The number of hydrogen-bond donors (Lipinski definition) is 1. The van der Waals surface area contributed by atoms with E-state index in [1.807, 2.05) is 4.68 Å². The van der Waals surface area contributed by atoms with Crippen molar-refractivity contribution in [1.29, 1.82) is 0 Å². The maximum Gasteiger partial charge on any atom is 0.138 e. The average molecular weight is 252 g/mol. The second-order valence-electron chi connectivity index (χ2n) is 5.59. The van der Waals surface area contributed by atoms with E-state index < -0.39 is 0 Å². The molecule has 2 heterocycles. The Kier molecular flexibility index (Phi) is 4.35. The first-order valence-corrected chi connectivity index (χ1v) is 6.81. The van der Waals surface area contributed by atoms with E-state index in [9.17, 15) is 0 Å². The summed E-state index contributed by atoms with van der Waals surface area (Å²) in [6.45, 7) is 8.10. The number of ether oxygens (including phenoxy) is 1. The molecular formula is C13H24N4O. The molecule has 1 saturated heterocycles. The first kappa shape index (κ1) is 13.5. The largest absolute Gasteiger partial charge is 0.381 e. The lowest BCUT2D eigenvalue weighted by Gasteiger charge is -2.33. The Hall–Kier alpha value is -0.940. The zero-order chi connectivity index (χ0) is 13.1. The van der Waals surface area contributed by atoms with Crippen LogP contribution in [0.2, 0.25) is 0 Å². The lowest BCUT2D eigenvalue weighted by atomic mass is 9.82. The number of nitrogens with two attached hydrogens (primary N) is 1. The van der Waals surface area contributed by atoms with Crippen molar-refractivity contribution in [2.75, 3.05) is 13.2 Å². The zero-order valence-electron chi connectivity index (χ0n) is 11.5. The van der Waals surface area contributed by atoms with Gasteiger partial charge in [0.15, 0.2) is 0 Å². The minimum absolute atomic E-state index is 0.144. The standard InChI is InChI=1S/C13H24N4O/c1-9(2)17-13(15-8-16-17)6-12(14)11-4-5-18-7-10(11)3/h8-12H,4-7,14H2,1-3H3. The van der Waals surface area contributed by atoms with Gasteiger partial charge in [-0.1, -0.05) is 6.92 Å². The van der Waals surface area contributed by atoms with Crippen LogP contribution >= 0.6 is 0 Å². The molecule has 5 nitrogen and oxygen atoms in total. The van der Waals surface area contributed by atoms with Crippen molar-refractivity contribution in [2.24, 2.45) is 17.6 Å². The Bertz CT molecular complexity index is 377. The summed E-state index contributed by atoms with van der Waals surface area (Å²) in [5.41, 5.74) is 6.36. The van der Waals surface area contributed by atoms with Crippen molar-refractivity contribution >= 4 is 0 Å². The fourth-order valence-electron chi connectivity index (χ4n) is 2.75. The van der Waals surface area contributed by atoms with E-state index in [1.165, 1.54) is 0 Å².